The van der Waals surface area contributed by atoms with Crippen molar-refractivity contribution in [1.82, 2.24) is 0 Å². The van der Waals surface area contributed by atoms with Crippen LogP contribution >= 0.6 is 11.3 Å². The Morgan fingerprint density at radius 2 is 2.21 bits per heavy atom. The number of aromatic hydroxyl groups is 1. The van der Waals surface area contributed by atoms with Crippen molar-refractivity contribution in [2.75, 3.05) is 4.90 Å². The van der Waals surface area contributed by atoms with Gasteiger partial charge in [-0.3, -0.25) is 9.69 Å². The summed E-state index contributed by atoms with van der Waals surface area (Å²) in [5, 5.41) is 13.6. The second kappa shape index (κ2) is 5.71. The molecule has 1 aromatic heterocycles. The van der Waals surface area contributed by atoms with Gasteiger partial charge in [0, 0.05) is 18.0 Å². The zero-order valence-electron chi connectivity index (χ0n) is 10.7. The minimum Gasteiger partial charge on any atom is -0.508 e. The van der Waals surface area contributed by atoms with Gasteiger partial charge >= 0.3 is 0 Å². The summed E-state index contributed by atoms with van der Waals surface area (Å²) in [7, 11) is 0. The minimum absolute atomic E-state index is 0.0614. The molecule has 2 rings (SSSR count). The van der Waals surface area contributed by atoms with Gasteiger partial charge in [0.1, 0.15) is 5.75 Å². The molecule has 0 aliphatic heterocycles. The fourth-order valence-corrected chi connectivity index (χ4v) is 2.55. The molecule has 1 amide bonds. The first-order valence-corrected chi connectivity index (χ1v) is 6.83. The number of thiophene rings is 1. The third-order valence-corrected chi connectivity index (χ3v) is 3.44. The maximum Gasteiger partial charge on any atom is 0.228 e. The normalized spacial score (nSPS) is 10.2. The van der Waals surface area contributed by atoms with Crippen LogP contribution in [-0.4, -0.2) is 11.0 Å². The number of nitrogens with zero attached hydrogens (tertiary/aromatic N) is 1. The standard InChI is InChI=1S/C15H15NO2S/c1-3-4-12-9-13(5-6-15(12)18)16(11(2)17)14-7-8-19-10-14/h3,5-10,18H,1,4H2,2H3. The largest absolute Gasteiger partial charge is 0.508 e. The highest BCUT2D eigenvalue weighted by molar-refractivity contribution is 7.08. The van der Waals surface area contributed by atoms with Crippen LogP contribution in [0, 0.1) is 0 Å². The number of hydrogen-bond acceptors (Lipinski definition) is 3. The highest BCUT2D eigenvalue weighted by Crippen LogP contribution is 2.31. The number of hydrogen-bond donors (Lipinski definition) is 1. The first kappa shape index (κ1) is 13.4. The van der Waals surface area contributed by atoms with E-state index in [0.717, 1.165) is 16.9 Å². The van der Waals surface area contributed by atoms with Gasteiger partial charge in [0.2, 0.25) is 5.91 Å². The van der Waals surface area contributed by atoms with E-state index in [1.54, 1.807) is 23.1 Å². The van der Waals surface area contributed by atoms with E-state index in [1.165, 1.54) is 18.3 Å². The van der Waals surface area contributed by atoms with Gasteiger partial charge in [0.15, 0.2) is 0 Å². The van der Waals surface area contributed by atoms with Crippen molar-refractivity contribution in [1.29, 1.82) is 0 Å². The van der Waals surface area contributed by atoms with Crippen molar-refractivity contribution in [3.05, 3.63) is 53.2 Å². The summed E-state index contributed by atoms with van der Waals surface area (Å²) in [4.78, 5) is 13.5. The SMILES string of the molecule is C=CCc1cc(N(C(C)=O)c2ccsc2)ccc1O. The van der Waals surface area contributed by atoms with Crippen LogP contribution in [0.5, 0.6) is 5.75 Å². The smallest absolute Gasteiger partial charge is 0.228 e. The van der Waals surface area contributed by atoms with E-state index < -0.39 is 0 Å². The molecule has 4 heteroatoms. The van der Waals surface area contributed by atoms with E-state index in [0.29, 0.717) is 6.42 Å². The van der Waals surface area contributed by atoms with Gasteiger partial charge in [-0.05, 0) is 41.6 Å². The molecule has 98 valence electrons. The fraction of sp³-hybridized carbons (Fsp3) is 0.133. The lowest BCUT2D eigenvalue weighted by atomic mass is 10.1. The number of phenolic OH excluding ortho intramolecular Hbond substituents is 1. The highest BCUT2D eigenvalue weighted by Gasteiger charge is 2.15. The lowest BCUT2D eigenvalue weighted by molar-refractivity contribution is -0.115. The van der Waals surface area contributed by atoms with Crippen LogP contribution < -0.4 is 4.90 Å². The average Bonchev–Trinajstić information content (AvgIpc) is 2.87. The molecular formula is C15H15NO2S. The predicted molar refractivity (Wildman–Crippen MR) is 79.1 cm³/mol. The molecule has 1 heterocycles. The molecule has 1 aromatic carbocycles. The molecule has 0 aliphatic rings. The van der Waals surface area contributed by atoms with Crippen LogP contribution in [0.2, 0.25) is 0 Å². The minimum atomic E-state index is -0.0614. The van der Waals surface area contributed by atoms with Crippen molar-refractivity contribution >= 4 is 28.6 Å². The molecule has 0 spiro atoms. The first-order chi connectivity index (χ1) is 9.13. The van der Waals surface area contributed by atoms with Gasteiger partial charge in [0.05, 0.1) is 5.69 Å². The molecule has 0 atom stereocenters. The molecule has 19 heavy (non-hydrogen) atoms. The molecule has 0 radical (unpaired) electrons. The van der Waals surface area contributed by atoms with Gasteiger partial charge in [0.25, 0.3) is 0 Å². The second-order valence-electron chi connectivity index (χ2n) is 4.14. The molecule has 0 saturated heterocycles. The molecule has 0 saturated carbocycles. The van der Waals surface area contributed by atoms with E-state index in [9.17, 15) is 9.90 Å². The van der Waals surface area contributed by atoms with E-state index in [-0.39, 0.29) is 11.7 Å². The Hall–Kier alpha value is -2.07. The van der Waals surface area contributed by atoms with E-state index in [2.05, 4.69) is 6.58 Å². The van der Waals surface area contributed by atoms with Crippen molar-refractivity contribution in [2.45, 2.75) is 13.3 Å². The summed E-state index contributed by atoms with van der Waals surface area (Å²) in [5.74, 6) is 0.158. The monoisotopic (exact) mass is 273 g/mol. The van der Waals surface area contributed by atoms with Crippen molar-refractivity contribution in [3.8, 4) is 5.75 Å². The summed E-state index contributed by atoms with van der Waals surface area (Å²) in [6.45, 7) is 5.19. The van der Waals surface area contributed by atoms with Crippen LogP contribution in [0.15, 0.2) is 47.7 Å². The molecule has 2 aromatic rings. The van der Waals surface area contributed by atoms with Gasteiger partial charge in [-0.2, -0.15) is 11.3 Å². The molecule has 0 fully saturated rings. The molecule has 0 bridgehead atoms. The summed E-state index contributed by atoms with van der Waals surface area (Å²) in [6.07, 6.45) is 2.29. The molecule has 1 N–H and O–H groups in total. The zero-order valence-corrected chi connectivity index (χ0v) is 11.5. The highest BCUT2D eigenvalue weighted by atomic mass is 32.1. The lowest BCUT2D eigenvalue weighted by Crippen LogP contribution is -2.22. The Morgan fingerprint density at radius 3 is 2.79 bits per heavy atom. The number of carbonyl (C=O) groups is 1. The van der Waals surface area contributed by atoms with Crippen molar-refractivity contribution in [3.63, 3.8) is 0 Å². The molecule has 0 unspecified atom stereocenters. The Kier molecular flexibility index (Phi) is 4.02. The zero-order chi connectivity index (χ0) is 13.8. The first-order valence-electron chi connectivity index (χ1n) is 5.89. The fourth-order valence-electron chi connectivity index (χ4n) is 1.93. The van der Waals surface area contributed by atoms with Crippen molar-refractivity contribution in [2.24, 2.45) is 0 Å². The Bertz CT molecular complexity index is 590. The van der Waals surface area contributed by atoms with E-state index in [4.69, 9.17) is 0 Å². The third kappa shape index (κ3) is 2.85. The number of allylic oxidation sites excluding steroid dienone is 1. The molecular weight excluding hydrogens is 258 g/mol. The van der Waals surface area contributed by atoms with E-state index in [1.807, 2.05) is 22.9 Å². The molecule has 0 aliphatic carbocycles. The Balaban J connectivity index is 2.46. The van der Waals surface area contributed by atoms with Crippen LogP contribution in [0.25, 0.3) is 0 Å². The second-order valence-corrected chi connectivity index (χ2v) is 4.92. The number of amides is 1. The summed E-state index contributed by atoms with van der Waals surface area (Å²) in [6, 6.07) is 7.06. The number of carbonyl (C=O) groups excluding carboxylic acids is 1. The topological polar surface area (TPSA) is 40.5 Å². The van der Waals surface area contributed by atoms with Gasteiger partial charge < -0.3 is 5.11 Å². The maximum atomic E-state index is 11.8. The summed E-state index contributed by atoms with van der Waals surface area (Å²) in [5.41, 5.74) is 2.35. The van der Waals surface area contributed by atoms with Crippen molar-refractivity contribution < 1.29 is 9.90 Å². The summed E-state index contributed by atoms with van der Waals surface area (Å²) < 4.78 is 0. The lowest BCUT2D eigenvalue weighted by Gasteiger charge is -2.20. The number of benzene rings is 1. The van der Waals surface area contributed by atoms with Gasteiger partial charge in [-0.1, -0.05) is 6.08 Å². The van der Waals surface area contributed by atoms with Crippen LogP contribution in [0.1, 0.15) is 12.5 Å². The quantitative estimate of drug-likeness (QED) is 0.859. The number of rotatable bonds is 4. The Labute approximate surface area is 116 Å². The summed E-state index contributed by atoms with van der Waals surface area (Å²) >= 11 is 1.54. The maximum absolute atomic E-state index is 11.8. The van der Waals surface area contributed by atoms with E-state index >= 15 is 0 Å². The predicted octanol–water partition coefficient (Wildman–Crippen LogP) is 3.87. The molecule has 3 nitrogen and oxygen atoms in total. The average molecular weight is 273 g/mol. The van der Waals surface area contributed by atoms with Gasteiger partial charge in [-0.15, -0.1) is 6.58 Å². The number of phenols is 1. The van der Waals surface area contributed by atoms with Crippen LogP contribution in [0.3, 0.4) is 0 Å². The van der Waals surface area contributed by atoms with Crippen LogP contribution in [0.4, 0.5) is 11.4 Å². The third-order valence-electron chi connectivity index (χ3n) is 2.76. The van der Waals surface area contributed by atoms with Crippen LogP contribution in [-0.2, 0) is 11.2 Å². The van der Waals surface area contributed by atoms with Gasteiger partial charge in [-0.25, -0.2) is 0 Å². The number of anilines is 2. The Morgan fingerprint density at radius 1 is 1.42 bits per heavy atom.